The fourth-order valence-electron chi connectivity index (χ4n) is 3.59. The Morgan fingerprint density at radius 1 is 1.05 bits per heavy atom. The van der Waals surface area contributed by atoms with E-state index in [-0.39, 0.29) is 9.52 Å². The maximum atomic E-state index is 13.3. The second-order valence-corrected chi connectivity index (χ2v) is 8.72. The van der Waals surface area contributed by atoms with Crippen molar-refractivity contribution >= 4 is 9.52 Å². The molecule has 1 fully saturated rings. The Hall–Kier alpha value is -0.703. The summed E-state index contributed by atoms with van der Waals surface area (Å²) in [5.74, 6) is -0.118. The average Bonchev–Trinajstić information content (AvgIpc) is 2.50. The van der Waals surface area contributed by atoms with Gasteiger partial charge in [-0.15, -0.1) is 0 Å². The van der Waals surface area contributed by atoms with Gasteiger partial charge in [-0.05, 0) is 55.2 Å². The van der Waals surface area contributed by atoms with E-state index in [0.717, 1.165) is 24.3 Å². The Morgan fingerprint density at radius 3 is 2.48 bits per heavy atom. The maximum absolute atomic E-state index is 13.3. The molecule has 0 spiro atoms. The van der Waals surface area contributed by atoms with Gasteiger partial charge in [0.05, 0.1) is 0 Å². The highest BCUT2D eigenvalue weighted by atomic mass is 28.2. The van der Waals surface area contributed by atoms with Gasteiger partial charge < -0.3 is 0 Å². The smallest absolute Gasteiger partial charge is 0.159 e. The summed E-state index contributed by atoms with van der Waals surface area (Å²) in [6, 6.07) is 7.45. The van der Waals surface area contributed by atoms with E-state index in [1.165, 1.54) is 56.3 Å². The molecule has 1 aliphatic rings. The molecule has 0 N–H and O–H groups in total. The van der Waals surface area contributed by atoms with Crippen molar-refractivity contribution in [3.05, 3.63) is 35.4 Å². The highest BCUT2D eigenvalue weighted by Gasteiger charge is 2.22. The van der Waals surface area contributed by atoms with Crippen LogP contribution in [-0.4, -0.2) is 9.52 Å². The van der Waals surface area contributed by atoms with Crippen molar-refractivity contribution in [1.29, 1.82) is 0 Å². The fraction of sp³-hybridized carbons (Fsp3) is 0.667. The Kier molecular flexibility index (Phi) is 6.88. The molecule has 0 aliphatic heterocycles. The third-order valence-corrected chi connectivity index (χ3v) is 7.18. The first-order valence-corrected chi connectivity index (χ1v) is 10.7. The molecule has 0 nitrogen and oxygen atoms in total. The van der Waals surface area contributed by atoms with Gasteiger partial charge in [0.2, 0.25) is 0 Å². The van der Waals surface area contributed by atoms with Crippen molar-refractivity contribution in [3.63, 3.8) is 0 Å². The summed E-state index contributed by atoms with van der Waals surface area (Å²) in [5.41, 5.74) is 0.989. The second-order valence-electron chi connectivity index (χ2n) is 6.59. The first kappa shape index (κ1) is 16.7. The number of rotatable bonds is 7. The van der Waals surface area contributed by atoms with Crippen molar-refractivity contribution in [3.8, 4) is 0 Å². The van der Waals surface area contributed by atoms with Crippen LogP contribution < -0.4 is 0 Å². The quantitative estimate of drug-likeness (QED) is 0.465. The van der Waals surface area contributed by atoms with E-state index in [2.05, 4.69) is 6.92 Å². The lowest BCUT2D eigenvalue weighted by Gasteiger charge is -2.29. The molecule has 0 unspecified atom stereocenters. The standard InChI is InChI=1S/C18H28F2Si/c1-2-11-21-12-3-4-14-5-7-15(8-6-14)16-9-10-17(19)18(20)13-16/h9-10,13-15H,2-8,11-12,21H2,1H3. The second kappa shape index (κ2) is 8.67. The van der Waals surface area contributed by atoms with Crippen molar-refractivity contribution in [2.45, 2.75) is 69.9 Å². The lowest BCUT2D eigenvalue weighted by Crippen LogP contribution is -2.13. The van der Waals surface area contributed by atoms with E-state index in [1.54, 1.807) is 6.07 Å². The lowest BCUT2D eigenvalue weighted by molar-refractivity contribution is 0.307. The summed E-state index contributed by atoms with van der Waals surface area (Å²) in [4.78, 5) is 0. The van der Waals surface area contributed by atoms with Crippen LogP contribution in [0.4, 0.5) is 8.78 Å². The van der Waals surface area contributed by atoms with E-state index in [1.807, 2.05) is 0 Å². The predicted molar refractivity (Wildman–Crippen MR) is 88.7 cm³/mol. The van der Waals surface area contributed by atoms with Crippen molar-refractivity contribution in [2.24, 2.45) is 5.92 Å². The Morgan fingerprint density at radius 2 is 1.81 bits per heavy atom. The normalized spacial score (nSPS) is 23.0. The Balaban J connectivity index is 1.71. The van der Waals surface area contributed by atoms with Gasteiger partial charge in [0.25, 0.3) is 0 Å². The zero-order valence-corrected chi connectivity index (χ0v) is 14.6. The van der Waals surface area contributed by atoms with Gasteiger partial charge in [0.15, 0.2) is 11.6 Å². The Labute approximate surface area is 130 Å². The first-order valence-electron chi connectivity index (χ1n) is 8.65. The minimum atomic E-state index is -0.733. The molecule has 1 aliphatic carbocycles. The van der Waals surface area contributed by atoms with Crippen molar-refractivity contribution < 1.29 is 8.78 Å². The number of hydrogen-bond donors (Lipinski definition) is 0. The van der Waals surface area contributed by atoms with Crippen LogP contribution >= 0.6 is 0 Å². The topological polar surface area (TPSA) is 0 Å². The van der Waals surface area contributed by atoms with E-state index >= 15 is 0 Å². The van der Waals surface area contributed by atoms with Crippen LogP contribution in [-0.2, 0) is 0 Å². The average molecular weight is 311 g/mol. The SMILES string of the molecule is CCC[SiH2]CCCC1CCC(c2ccc(F)c(F)c2)CC1. The zero-order chi connectivity index (χ0) is 15.1. The van der Waals surface area contributed by atoms with Crippen LogP contribution in [0, 0.1) is 17.6 Å². The van der Waals surface area contributed by atoms with E-state index < -0.39 is 11.6 Å². The van der Waals surface area contributed by atoms with Gasteiger partial charge in [0.1, 0.15) is 0 Å². The number of halogens is 2. The van der Waals surface area contributed by atoms with Gasteiger partial charge in [-0.3, -0.25) is 0 Å². The van der Waals surface area contributed by atoms with Gasteiger partial charge >= 0.3 is 0 Å². The summed E-state index contributed by atoms with van der Waals surface area (Å²) in [6.45, 7) is 2.28. The summed E-state index contributed by atoms with van der Waals surface area (Å²) in [6.07, 6.45) is 8.99. The zero-order valence-electron chi connectivity index (χ0n) is 13.2. The summed E-state index contributed by atoms with van der Waals surface area (Å²) < 4.78 is 26.3. The van der Waals surface area contributed by atoms with Gasteiger partial charge in [0, 0.05) is 9.52 Å². The highest BCUT2D eigenvalue weighted by molar-refractivity contribution is 6.35. The van der Waals surface area contributed by atoms with Gasteiger partial charge in [-0.2, -0.15) is 0 Å². The molecule has 1 saturated carbocycles. The Bertz CT molecular complexity index is 425. The maximum Gasteiger partial charge on any atom is 0.159 e. The minimum absolute atomic E-state index is 0.227. The lowest BCUT2D eigenvalue weighted by atomic mass is 9.77. The molecule has 0 amide bonds. The molecular formula is C18H28F2Si. The van der Waals surface area contributed by atoms with Crippen molar-refractivity contribution in [2.75, 3.05) is 0 Å². The van der Waals surface area contributed by atoms with E-state index in [4.69, 9.17) is 0 Å². The van der Waals surface area contributed by atoms with Crippen LogP contribution in [0.25, 0.3) is 0 Å². The number of hydrogen-bond acceptors (Lipinski definition) is 0. The third-order valence-electron chi connectivity index (χ3n) is 4.98. The third kappa shape index (κ3) is 5.21. The molecule has 1 aromatic rings. The predicted octanol–water partition coefficient (Wildman–Crippen LogP) is 5.43. The van der Waals surface area contributed by atoms with Crippen LogP contribution in [0.5, 0.6) is 0 Å². The summed E-state index contributed by atoms with van der Waals surface area (Å²) in [5, 5.41) is 0. The largest absolute Gasteiger partial charge is 0.204 e. The highest BCUT2D eigenvalue weighted by Crippen LogP contribution is 2.38. The summed E-state index contributed by atoms with van der Waals surface area (Å²) in [7, 11) is 0.227. The van der Waals surface area contributed by atoms with Gasteiger partial charge in [-0.1, -0.05) is 44.3 Å². The van der Waals surface area contributed by atoms with Crippen LogP contribution in [0.15, 0.2) is 18.2 Å². The molecule has 0 heterocycles. The molecule has 118 valence electrons. The molecule has 0 bridgehead atoms. The molecular weight excluding hydrogens is 282 g/mol. The van der Waals surface area contributed by atoms with E-state index in [9.17, 15) is 8.78 Å². The fourth-order valence-corrected chi connectivity index (χ4v) is 5.08. The summed E-state index contributed by atoms with van der Waals surface area (Å²) >= 11 is 0. The molecule has 0 atom stereocenters. The van der Waals surface area contributed by atoms with Gasteiger partial charge in [-0.25, -0.2) is 8.78 Å². The molecule has 0 radical (unpaired) electrons. The van der Waals surface area contributed by atoms with Crippen molar-refractivity contribution in [1.82, 2.24) is 0 Å². The van der Waals surface area contributed by atoms with E-state index in [0.29, 0.717) is 5.92 Å². The monoisotopic (exact) mass is 310 g/mol. The molecule has 3 heteroatoms. The molecule has 0 saturated heterocycles. The molecule has 0 aromatic heterocycles. The number of benzene rings is 1. The van der Waals surface area contributed by atoms with Crippen LogP contribution in [0.3, 0.4) is 0 Å². The van der Waals surface area contributed by atoms with Crippen LogP contribution in [0.2, 0.25) is 12.1 Å². The molecule has 2 rings (SSSR count). The molecule has 21 heavy (non-hydrogen) atoms. The first-order chi connectivity index (χ1) is 10.2. The van der Waals surface area contributed by atoms with Crippen LogP contribution in [0.1, 0.15) is 63.4 Å². The molecule has 1 aromatic carbocycles. The minimum Gasteiger partial charge on any atom is -0.204 e.